The highest BCUT2D eigenvalue weighted by atomic mass is 79.9. The Morgan fingerprint density at radius 1 is 1.23 bits per heavy atom. The Labute approximate surface area is 203 Å². The Morgan fingerprint density at radius 2 is 1.93 bits per heavy atom. The number of ether oxygens (including phenoxy) is 1. The maximum Gasteiger partial charge on any atom is 0.269 e. The van der Waals surface area contributed by atoms with Crippen LogP contribution in [-0.2, 0) is 17.6 Å². The zero-order chi connectivity index (χ0) is 21.2. The van der Waals surface area contributed by atoms with Crippen LogP contribution in [0.5, 0.6) is 5.75 Å². The predicted molar refractivity (Wildman–Crippen MR) is 129 cm³/mol. The molecule has 6 nitrogen and oxygen atoms in total. The number of nitrogens with two attached hydrogens (primary N) is 1. The van der Waals surface area contributed by atoms with Crippen LogP contribution in [0.4, 0.5) is 0 Å². The van der Waals surface area contributed by atoms with Crippen LogP contribution in [0, 0.1) is 0 Å². The van der Waals surface area contributed by atoms with Gasteiger partial charge >= 0.3 is 0 Å². The summed E-state index contributed by atoms with van der Waals surface area (Å²) in [6, 6.07) is 11.1. The lowest BCUT2D eigenvalue weighted by molar-refractivity contribution is -0.115. The fourth-order valence-electron chi connectivity index (χ4n) is 2.58. The number of rotatable bonds is 10. The van der Waals surface area contributed by atoms with E-state index in [9.17, 15) is 10.0 Å². The Bertz CT molecular complexity index is 865. The topological polar surface area (TPSA) is 96.9 Å². The minimum atomic E-state index is -0.439. The third-order valence-electron chi connectivity index (χ3n) is 4.03. The molecular weight excluding hydrogens is 561 g/mol. The number of hydrogen-bond acceptors (Lipinski definition) is 5. The Morgan fingerprint density at radius 3 is 2.57 bits per heavy atom. The number of nitrogens with one attached hydrogen (secondary N) is 1. The normalized spacial score (nSPS) is 11.0. The predicted octanol–water partition coefficient (Wildman–Crippen LogP) is 4.75. The van der Waals surface area contributed by atoms with Gasteiger partial charge in [-0.3, -0.25) is 4.79 Å². The Hall–Kier alpha value is -1.32. The van der Waals surface area contributed by atoms with Crippen molar-refractivity contribution in [1.29, 1.82) is 0 Å². The van der Waals surface area contributed by atoms with Crippen LogP contribution in [0.3, 0.4) is 0 Å². The smallest absolute Gasteiger partial charge is 0.269 e. The lowest BCUT2D eigenvalue weighted by atomic mass is 10.1. The summed E-state index contributed by atoms with van der Waals surface area (Å²) in [6.07, 6.45) is 1.45. The monoisotopic (exact) mass is 581 g/mol. The van der Waals surface area contributed by atoms with Gasteiger partial charge in [-0.2, -0.15) is 0 Å². The molecule has 0 unspecified atom stereocenters. The molecule has 0 aliphatic heterocycles. The molecule has 0 atom stereocenters. The van der Waals surface area contributed by atoms with Gasteiger partial charge in [0.15, 0.2) is 0 Å². The molecule has 0 aromatic heterocycles. The van der Waals surface area contributed by atoms with Gasteiger partial charge in [0.1, 0.15) is 11.5 Å². The number of benzene rings is 2. The fraction of sp³-hybridized carbons (Fsp3) is 0.300. The second-order valence-corrected chi connectivity index (χ2v) is 8.43. The first-order valence-corrected chi connectivity index (χ1v) is 10.9. The molecule has 164 valence electrons. The molecule has 0 aliphatic rings. The van der Waals surface area contributed by atoms with Gasteiger partial charge < -0.3 is 21.0 Å². The number of amides is 1. The summed E-state index contributed by atoms with van der Waals surface area (Å²) in [5.74, 6) is 0.155. The van der Waals surface area contributed by atoms with Gasteiger partial charge in [0.05, 0.1) is 11.1 Å². The molecule has 10 heteroatoms. The number of hydrogen-bond donors (Lipinski definition) is 3. The molecule has 0 saturated heterocycles. The highest BCUT2D eigenvalue weighted by molar-refractivity contribution is 9.11. The third kappa shape index (κ3) is 8.43. The first kappa shape index (κ1) is 26.7. The standard InChI is InChI=1S/C20H22Br2ClN3O3.ClH/c21-15-10-14(19(17(22)12-15)29-9-1-7-24)11-18(26-28)20(27)25-8-6-13-2-4-16(23)5-3-13;/h2-5,10,12,28H,1,6-9,11,24H2,(H,25,27);1H/b26-18+;. The minimum absolute atomic E-state index is 0. The number of carbonyl (C=O) groups excluding carboxylic acids is 1. The van der Waals surface area contributed by atoms with Gasteiger partial charge in [-0.1, -0.05) is 44.8 Å². The van der Waals surface area contributed by atoms with Crippen molar-refractivity contribution in [3.05, 3.63) is 61.5 Å². The average molecular weight is 584 g/mol. The van der Waals surface area contributed by atoms with Crippen molar-refractivity contribution < 1.29 is 14.7 Å². The number of carbonyl (C=O) groups is 1. The van der Waals surface area contributed by atoms with Crippen LogP contribution >= 0.6 is 55.9 Å². The van der Waals surface area contributed by atoms with E-state index < -0.39 is 5.91 Å². The Balaban J connectivity index is 0.00000450. The molecule has 0 fully saturated rings. The van der Waals surface area contributed by atoms with Crippen molar-refractivity contribution in [2.24, 2.45) is 10.9 Å². The van der Waals surface area contributed by atoms with Crippen molar-refractivity contribution in [3.8, 4) is 5.75 Å². The summed E-state index contributed by atoms with van der Waals surface area (Å²) in [6.45, 7) is 1.37. The van der Waals surface area contributed by atoms with E-state index in [2.05, 4.69) is 42.3 Å². The minimum Gasteiger partial charge on any atom is -0.492 e. The van der Waals surface area contributed by atoms with E-state index in [1.54, 1.807) is 12.1 Å². The summed E-state index contributed by atoms with van der Waals surface area (Å²) >= 11 is 12.8. The van der Waals surface area contributed by atoms with E-state index in [1.807, 2.05) is 24.3 Å². The Kier molecular flexibility index (Phi) is 12.4. The first-order valence-electron chi connectivity index (χ1n) is 8.99. The van der Waals surface area contributed by atoms with Crippen LogP contribution in [0.15, 0.2) is 50.5 Å². The molecule has 2 aromatic carbocycles. The largest absolute Gasteiger partial charge is 0.492 e. The zero-order valence-corrected chi connectivity index (χ0v) is 20.8. The molecular formula is C20H23Br2Cl2N3O3. The van der Waals surface area contributed by atoms with Gasteiger partial charge in [-0.25, -0.2) is 0 Å². The van der Waals surface area contributed by atoms with Crippen LogP contribution in [0.25, 0.3) is 0 Å². The van der Waals surface area contributed by atoms with Crippen LogP contribution < -0.4 is 15.8 Å². The molecule has 2 rings (SSSR count). The maximum atomic E-state index is 12.5. The lowest BCUT2D eigenvalue weighted by Crippen LogP contribution is -2.33. The summed E-state index contributed by atoms with van der Waals surface area (Å²) in [4.78, 5) is 12.5. The number of nitrogens with zero attached hydrogens (tertiary/aromatic N) is 1. The van der Waals surface area contributed by atoms with Crippen molar-refractivity contribution in [1.82, 2.24) is 5.32 Å². The SMILES string of the molecule is Cl.NCCCOc1c(Br)cc(Br)cc1C/C(=N\O)C(=O)NCCc1ccc(Cl)cc1. The maximum absolute atomic E-state index is 12.5. The molecule has 0 aliphatic carbocycles. The van der Waals surface area contributed by atoms with Gasteiger partial charge in [-0.05, 0) is 65.1 Å². The van der Waals surface area contributed by atoms with Gasteiger partial charge in [0.25, 0.3) is 5.91 Å². The van der Waals surface area contributed by atoms with Crippen LogP contribution in [0.1, 0.15) is 17.5 Å². The van der Waals surface area contributed by atoms with Crippen molar-refractivity contribution in [2.45, 2.75) is 19.3 Å². The zero-order valence-electron chi connectivity index (χ0n) is 16.0. The van der Waals surface area contributed by atoms with Crippen molar-refractivity contribution in [2.75, 3.05) is 19.7 Å². The van der Waals surface area contributed by atoms with Crippen molar-refractivity contribution >= 4 is 67.5 Å². The summed E-state index contributed by atoms with van der Waals surface area (Å²) in [5, 5.41) is 16.0. The van der Waals surface area contributed by atoms with E-state index >= 15 is 0 Å². The van der Waals surface area contributed by atoms with Gasteiger partial charge in [0.2, 0.25) is 0 Å². The second-order valence-electron chi connectivity index (χ2n) is 6.22. The van der Waals surface area contributed by atoms with E-state index in [4.69, 9.17) is 22.1 Å². The molecule has 0 spiro atoms. The van der Waals surface area contributed by atoms with Gasteiger partial charge in [0, 0.05) is 28.0 Å². The summed E-state index contributed by atoms with van der Waals surface area (Å²) in [5.41, 5.74) is 7.27. The first-order chi connectivity index (χ1) is 13.9. The van der Waals surface area contributed by atoms with E-state index in [1.165, 1.54) is 0 Å². The summed E-state index contributed by atoms with van der Waals surface area (Å²) in [7, 11) is 0. The molecule has 2 aromatic rings. The molecule has 0 radical (unpaired) electrons. The molecule has 1 amide bonds. The van der Waals surface area contributed by atoms with Crippen LogP contribution in [-0.4, -0.2) is 36.5 Å². The number of oxime groups is 1. The fourth-order valence-corrected chi connectivity index (χ4v) is 4.13. The molecule has 0 saturated carbocycles. The highest BCUT2D eigenvalue weighted by Gasteiger charge is 2.18. The van der Waals surface area contributed by atoms with Crippen LogP contribution in [0.2, 0.25) is 5.02 Å². The van der Waals surface area contributed by atoms with E-state index in [-0.39, 0.29) is 24.5 Å². The molecule has 4 N–H and O–H groups in total. The van der Waals surface area contributed by atoms with E-state index in [0.29, 0.717) is 48.9 Å². The average Bonchev–Trinajstić information content (AvgIpc) is 2.69. The summed E-state index contributed by atoms with van der Waals surface area (Å²) < 4.78 is 7.36. The molecule has 30 heavy (non-hydrogen) atoms. The lowest BCUT2D eigenvalue weighted by Gasteiger charge is -2.14. The van der Waals surface area contributed by atoms with Gasteiger partial charge in [-0.15, -0.1) is 12.4 Å². The molecule has 0 bridgehead atoms. The quantitative estimate of drug-likeness (QED) is 0.163. The second kappa shape index (κ2) is 13.9. The highest BCUT2D eigenvalue weighted by Crippen LogP contribution is 2.33. The van der Waals surface area contributed by atoms with Crippen molar-refractivity contribution in [3.63, 3.8) is 0 Å². The van der Waals surface area contributed by atoms with E-state index in [0.717, 1.165) is 14.5 Å². The number of halogens is 4. The molecule has 0 heterocycles. The third-order valence-corrected chi connectivity index (χ3v) is 5.33.